The van der Waals surface area contributed by atoms with Crippen molar-refractivity contribution in [3.8, 4) is 0 Å². The van der Waals surface area contributed by atoms with E-state index in [0.29, 0.717) is 0 Å². The van der Waals surface area contributed by atoms with Gasteiger partial charge in [0.05, 0.1) is 0 Å². The van der Waals surface area contributed by atoms with E-state index in [0.717, 1.165) is 34.8 Å². The van der Waals surface area contributed by atoms with Crippen molar-refractivity contribution in [1.82, 2.24) is 24.7 Å². The van der Waals surface area contributed by atoms with Crippen molar-refractivity contribution in [2.75, 3.05) is 11.9 Å². The van der Waals surface area contributed by atoms with E-state index in [1.54, 1.807) is 6.33 Å². The lowest BCUT2D eigenvalue weighted by Crippen LogP contribution is -2.07. The molecule has 0 amide bonds. The van der Waals surface area contributed by atoms with E-state index in [1.807, 2.05) is 17.7 Å². The summed E-state index contributed by atoms with van der Waals surface area (Å²) in [6.07, 6.45) is 2.75. The Labute approximate surface area is 123 Å². The molecule has 2 aromatic heterocycles. The number of aryl methyl sites for hydroxylation is 1. The van der Waals surface area contributed by atoms with Gasteiger partial charge in [0, 0.05) is 25.6 Å². The Morgan fingerprint density at radius 3 is 2.75 bits per heavy atom. The molecule has 108 valence electrons. The predicted octanol–water partition coefficient (Wildman–Crippen LogP) is 2.70. The van der Waals surface area contributed by atoms with Gasteiger partial charge in [0.25, 0.3) is 0 Å². The first-order valence-corrected chi connectivity index (χ1v) is 7.56. The van der Waals surface area contributed by atoms with Crippen molar-refractivity contribution >= 4 is 17.6 Å². The van der Waals surface area contributed by atoms with Crippen molar-refractivity contribution < 1.29 is 0 Å². The molecule has 2 aromatic rings. The number of rotatable bonds is 6. The third kappa shape index (κ3) is 3.69. The fourth-order valence-corrected chi connectivity index (χ4v) is 2.33. The van der Waals surface area contributed by atoms with Crippen LogP contribution < -0.4 is 5.32 Å². The Bertz CT molecular complexity index is 566. The SMILES string of the molecule is CCCNc1cc(Sc2nncn2C)nc(C(C)C)n1. The Hall–Kier alpha value is -1.63. The highest BCUT2D eigenvalue weighted by molar-refractivity contribution is 7.99. The van der Waals surface area contributed by atoms with Gasteiger partial charge in [0.2, 0.25) is 0 Å². The maximum absolute atomic E-state index is 4.59. The smallest absolute Gasteiger partial charge is 0.197 e. The maximum Gasteiger partial charge on any atom is 0.197 e. The maximum atomic E-state index is 4.59. The van der Waals surface area contributed by atoms with Crippen LogP contribution >= 0.6 is 11.8 Å². The second-order valence-electron chi connectivity index (χ2n) is 4.86. The van der Waals surface area contributed by atoms with Crippen LogP contribution in [0.15, 0.2) is 22.6 Å². The summed E-state index contributed by atoms with van der Waals surface area (Å²) in [5.41, 5.74) is 0. The number of hydrogen-bond acceptors (Lipinski definition) is 6. The molecule has 0 saturated carbocycles. The Balaban J connectivity index is 2.26. The number of anilines is 1. The zero-order valence-corrected chi connectivity index (χ0v) is 13.1. The average Bonchev–Trinajstić information content (AvgIpc) is 2.81. The molecule has 0 unspecified atom stereocenters. The highest BCUT2D eigenvalue weighted by Crippen LogP contribution is 2.26. The zero-order chi connectivity index (χ0) is 14.5. The first kappa shape index (κ1) is 14.8. The van der Waals surface area contributed by atoms with Gasteiger partial charge in [-0.15, -0.1) is 10.2 Å². The molecule has 2 heterocycles. The first-order chi connectivity index (χ1) is 9.60. The number of aromatic nitrogens is 5. The molecule has 0 spiro atoms. The molecule has 0 aliphatic heterocycles. The summed E-state index contributed by atoms with van der Waals surface area (Å²) in [6, 6.07) is 1.96. The van der Waals surface area contributed by atoms with Crippen molar-refractivity contribution in [3.05, 3.63) is 18.2 Å². The van der Waals surface area contributed by atoms with Gasteiger partial charge in [-0.1, -0.05) is 20.8 Å². The lowest BCUT2D eigenvalue weighted by Gasteiger charge is -2.10. The van der Waals surface area contributed by atoms with Crippen LogP contribution in [0.2, 0.25) is 0 Å². The fraction of sp³-hybridized carbons (Fsp3) is 0.538. The quantitative estimate of drug-likeness (QED) is 0.826. The summed E-state index contributed by atoms with van der Waals surface area (Å²) in [5.74, 6) is 2.00. The molecule has 1 N–H and O–H groups in total. The molecule has 0 fully saturated rings. The molecular formula is C13H20N6S. The summed E-state index contributed by atoms with van der Waals surface area (Å²) in [6.45, 7) is 7.22. The van der Waals surface area contributed by atoms with Crippen molar-refractivity contribution in [2.24, 2.45) is 7.05 Å². The van der Waals surface area contributed by atoms with Gasteiger partial charge in [-0.05, 0) is 18.2 Å². The van der Waals surface area contributed by atoms with E-state index in [2.05, 4.69) is 46.3 Å². The third-order valence-electron chi connectivity index (χ3n) is 2.66. The van der Waals surface area contributed by atoms with Crippen molar-refractivity contribution in [1.29, 1.82) is 0 Å². The van der Waals surface area contributed by atoms with Gasteiger partial charge in [-0.3, -0.25) is 0 Å². The normalized spacial score (nSPS) is 11.1. The highest BCUT2D eigenvalue weighted by atomic mass is 32.2. The first-order valence-electron chi connectivity index (χ1n) is 6.74. The van der Waals surface area contributed by atoms with Crippen LogP contribution in [0.1, 0.15) is 38.9 Å². The highest BCUT2D eigenvalue weighted by Gasteiger charge is 2.11. The van der Waals surface area contributed by atoms with Gasteiger partial charge >= 0.3 is 0 Å². The summed E-state index contributed by atoms with van der Waals surface area (Å²) >= 11 is 1.50. The van der Waals surface area contributed by atoms with Crippen LogP contribution in [0.5, 0.6) is 0 Å². The molecule has 0 saturated heterocycles. The number of hydrogen-bond donors (Lipinski definition) is 1. The molecule has 6 nitrogen and oxygen atoms in total. The van der Waals surface area contributed by atoms with E-state index < -0.39 is 0 Å². The van der Waals surface area contributed by atoms with E-state index in [9.17, 15) is 0 Å². The van der Waals surface area contributed by atoms with Gasteiger partial charge in [-0.2, -0.15) is 0 Å². The minimum atomic E-state index is 0.289. The van der Waals surface area contributed by atoms with Crippen LogP contribution in [-0.2, 0) is 7.05 Å². The Morgan fingerprint density at radius 2 is 2.15 bits per heavy atom. The monoisotopic (exact) mass is 292 g/mol. The minimum Gasteiger partial charge on any atom is -0.370 e. The second-order valence-corrected chi connectivity index (χ2v) is 5.85. The standard InChI is InChI=1S/C13H20N6S/c1-5-6-14-10-7-11(17-12(16-10)9(2)3)20-13-18-15-8-19(13)4/h7-9H,5-6H2,1-4H3,(H,14,16,17). The Kier molecular flexibility index (Phi) is 4.94. The van der Waals surface area contributed by atoms with Crippen LogP contribution in [0.25, 0.3) is 0 Å². The molecule has 0 aromatic carbocycles. The summed E-state index contributed by atoms with van der Waals surface area (Å²) in [5, 5.41) is 13.0. The van der Waals surface area contributed by atoms with Gasteiger partial charge in [-0.25, -0.2) is 9.97 Å². The molecule has 0 bridgehead atoms. The summed E-state index contributed by atoms with van der Waals surface area (Å²) < 4.78 is 1.88. The second kappa shape index (κ2) is 6.69. The number of nitrogens with one attached hydrogen (secondary N) is 1. The van der Waals surface area contributed by atoms with E-state index >= 15 is 0 Å². The van der Waals surface area contributed by atoms with Gasteiger partial charge in [0.15, 0.2) is 5.16 Å². The van der Waals surface area contributed by atoms with Crippen LogP contribution in [0.4, 0.5) is 5.82 Å². The summed E-state index contributed by atoms with van der Waals surface area (Å²) in [4.78, 5) is 9.13. The lowest BCUT2D eigenvalue weighted by atomic mass is 10.2. The van der Waals surface area contributed by atoms with E-state index in [-0.39, 0.29) is 5.92 Å². The molecule has 20 heavy (non-hydrogen) atoms. The lowest BCUT2D eigenvalue weighted by molar-refractivity contribution is 0.748. The van der Waals surface area contributed by atoms with E-state index in [4.69, 9.17) is 0 Å². The van der Waals surface area contributed by atoms with E-state index in [1.165, 1.54) is 11.8 Å². The minimum absolute atomic E-state index is 0.289. The molecule has 2 rings (SSSR count). The molecule has 7 heteroatoms. The molecule has 0 aliphatic carbocycles. The van der Waals surface area contributed by atoms with Gasteiger partial charge < -0.3 is 9.88 Å². The largest absolute Gasteiger partial charge is 0.370 e. The predicted molar refractivity (Wildman–Crippen MR) is 80.0 cm³/mol. The van der Waals surface area contributed by atoms with Crippen molar-refractivity contribution in [2.45, 2.75) is 43.3 Å². The van der Waals surface area contributed by atoms with Crippen molar-refractivity contribution in [3.63, 3.8) is 0 Å². The van der Waals surface area contributed by atoms with Gasteiger partial charge in [0.1, 0.15) is 23.0 Å². The van der Waals surface area contributed by atoms with Crippen LogP contribution in [0.3, 0.4) is 0 Å². The average molecular weight is 292 g/mol. The van der Waals surface area contributed by atoms with Crippen LogP contribution in [-0.4, -0.2) is 31.3 Å². The number of nitrogens with zero attached hydrogens (tertiary/aromatic N) is 5. The fourth-order valence-electron chi connectivity index (χ4n) is 1.56. The molecule has 0 radical (unpaired) electrons. The molecular weight excluding hydrogens is 272 g/mol. The molecule has 0 aliphatic rings. The third-order valence-corrected chi connectivity index (χ3v) is 3.63. The van der Waals surface area contributed by atoms with Crippen LogP contribution in [0, 0.1) is 0 Å². The molecule has 0 atom stereocenters. The zero-order valence-electron chi connectivity index (χ0n) is 12.3. The Morgan fingerprint density at radius 1 is 1.35 bits per heavy atom. The topological polar surface area (TPSA) is 68.5 Å². The summed E-state index contributed by atoms with van der Waals surface area (Å²) in [7, 11) is 1.92.